The van der Waals surface area contributed by atoms with E-state index in [9.17, 15) is 13.2 Å². The molecule has 0 radical (unpaired) electrons. The van der Waals surface area contributed by atoms with Crippen LogP contribution in [0.1, 0.15) is 49.9 Å². The fourth-order valence-corrected chi connectivity index (χ4v) is 4.63. The molecule has 0 fully saturated rings. The van der Waals surface area contributed by atoms with Gasteiger partial charge in [0.1, 0.15) is 17.9 Å². The molecule has 6 nitrogen and oxygen atoms in total. The Morgan fingerprint density at radius 2 is 1.87 bits per heavy atom. The van der Waals surface area contributed by atoms with Gasteiger partial charge in [0, 0.05) is 12.0 Å². The van der Waals surface area contributed by atoms with Crippen molar-refractivity contribution in [2.24, 2.45) is 0 Å². The van der Waals surface area contributed by atoms with Crippen molar-refractivity contribution in [3.8, 4) is 5.75 Å². The van der Waals surface area contributed by atoms with Crippen LogP contribution in [0.4, 0.5) is 5.69 Å². The predicted molar refractivity (Wildman–Crippen MR) is 119 cm³/mol. The van der Waals surface area contributed by atoms with Gasteiger partial charge in [-0.2, -0.15) is 0 Å². The Bertz CT molecular complexity index is 1030. The minimum atomic E-state index is -3.62. The molecule has 1 aliphatic heterocycles. The zero-order chi connectivity index (χ0) is 22.1. The number of nitrogens with zero attached hydrogens (tertiary/aromatic N) is 1. The molecule has 3 rings (SSSR count). The quantitative estimate of drug-likeness (QED) is 0.757. The fourth-order valence-electron chi connectivity index (χ4n) is 3.77. The highest BCUT2D eigenvalue weighted by atomic mass is 32.2. The third-order valence-electron chi connectivity index (χ3n) is 5.28. The lowest BCUT2D eigenvalue weighted by Crippen LogP contribution is -2.45. The summed E-state index contributed by atoms with van der Waals surface area (Å²) in [5.74, 6) is 0.396. The second-order valence-corrected chi connectivity index (χ2v) is 10.4. The molecule has 30 heavy (non-hydrogen) atoms. The Kier molecular flexibility index (Phi) is 6.13. The number of benzene rings is 2. The van der Waals surface area contributed by atoms with E-state index in [0.717, 1.165) is 39.4 Å². The first-order valence-electron chi connectivity index (χ1n) is 10.1. The SMILES string of the molecule is CCc1ccc(N(CC(=O)NC2CC(C)(C)Oc3ccc(C)cc32)S(C)(=O)=O)cc1. The number of carbonyl (C=O) groups is 1. The molecule has 1 aliphatic rings. The van der Waals surface area contributed by atoms with Gasteiger partial charge in [-0.05, 0) is 51.0 Å². The average molecular weight is 431 g/mol. The molecule has 162 valence electrons. The van der Waals surface area contributed by atoms with Gasteiger partial charge in [-0.3, -0.25) is 9.10 Å². The summed E-state index contributed by atoms with van der Waals surface area (Å²) in [6, 6.07) is 12.9. The molecule has 1 N–H and O–H groups in total. The second-order valence-electron chi connectivity index (χ2n) is 8.52. The van der Waals surface area contributed by atoms with Crippen LogP contribution in [0.3, 0.4) is 0 Å². The van der Waals surface area contributed by atoms with Gasteiger partial charge in [-0.25, -0.2) is 8.42 Å². The monoisotopic (exact) mass is 430 g/mol. The van der Waals surface area contributed by atoms with Crippen LogP contribution in [0.5, 0.6) is 5.75 Å². The first kappa shape index (κ1) is 22.2. The van der Waals surface area contributed by atoms with Gasteiger partial charge in [0.2, 0.25) is 15.9 Å². The topological polar surface area (TPSA) is 75.7 Å². The molecule has 0 aliphatic carbocycles. The standard InChI is InChI=1S/C23H30N2O4S/c1-6-17-8-10-18(11-9-17)25(30(5,27)28)15-22(26)24-20-14-23(3,4)29-21-12-7-16(2)13-19(20)21/h7-13,20H,6,14-15H2,1-5H3,(H,24,26). The molecule has 0 saturated carbocycles. The first-order chi connectivity index (χ1) is 14.0. The lowest BCUT2D eigenvalue weighted by molar-refractivity contribution is -0.120. The predicted octanol–water partition coefficient (Wildman–Crippen LogP) is 3.74. The number of anilines is 1. The van der Waals surface area contributed by atoms with Gasteiger partial charge in [-0.15, -0.1) is 0 Å². The number of hydrogen-bond donors (Lipinski definition) is 1. The summed E-state index contributed by atoms with van der Waals surface area (Å²) in [7, 11) is -3.62. The lowest BCUT2D eigenvalue weighted by Gasteiger charge is -2.38. The average Bonchev–Trinajstić information content (AvgIpc) is 2.65. The van der Waals surface area contributed by atoms with Crippen LogP contribution < -0.4 is 14.4 Å². The number of aryl methyl sites for hydroxylation is 2. The van der Waals surface area contributed by atoms with Crippen LogP contribution >= 0.6 is 0 Å². The smallest absolute Gasteiger partial charge is 0.241 e. The van der Waals surface area contributed by atoms with E-state index in [-0.39, 0.29) is 18.5 Å². The molecule has 2 aromatic rings. The van der Waals surface area contributed by atoms with E-state index >= 15 is 0 Å². The Morgan fingerprint density at radius 1 is 1.20 bits per heavy atom. The number of amides is 1. The van der Waals surface area contributed by atoms with Crippen molar-refractivity contribution in [2.75, 3.05) is 17.1 Å². The molecule has 1 atom stereocenters. The molecule has 7 heteroatoms. The van der Waals surface area contributed by atoms with Gasteiger partial charge in [0.15, 0.2) is 0 Å². The van der Waals surface area contributed by atoms with Crippen LogP contribution in [-0.2, 0) is 21.2 Å². The Labute approximate surface area is 179 Å². The molecule has 1 unspecified atom stereocenters. The largest absolute Gasteiger partial charge is 0.487 e. The Balaban J connectivity index is 1.83. The van der Waals surface area contributed by atoms with Gasteiger partial charge >= 0.3 is 0 Å². The van der Waals surface area contributed by atoms with E-state index in [1.807, 2.05) is 58.0 Å². The summed E-state index contributed by atoms with van der Waals surface area (Å²) >= 11 is 0. The number of fused-ring (bicyclic) bond motifs is 1. The normalized spacial score (nSPS) is 17.6. The lowest BCUT2D eigenvalue weighted by atomic mass is 9.89. The molecular formula is C23H30N2O4S. The summed E-state index contributed by atoms with van der Waals surface area (Å²) in [6.45, 7) is 7.71. The highest BCUT2D eigenvalue weighted by Crippen LogP contribution is 2.39. The fraction of sp³-hybridized carbons (Fsp3) is 0.435. The van der Waals surface area contributed by atoms with Crippen LogP contribution in [-0.4, -0.2) is 32.7 Å². The van der Waals surface area contributed by atoms with Crippen molar-refractivity contribution in [3.05, 3.63) is 59.2 Å². The van der Waals surface area contributed by atoms with Crippen molar-refractivity contribution in [2.45, 2.75) is 52.2 Å². The van der Waals surface area contributed by atoms with Crippen molar-refractivity contribution in [1.82, 2.24) is 5.32 Å². The number of carbonyl (C=O) groups excluding carboxylic acids is 1. The van der Waals surface area contributed by atoms with E-state index < -0.39 is 15.6 Å². The van der Waals surface area contributed by atoms with Gasteiger partial charge < -0.3 is 10.1 Å². The van der Waals surface area contributed by atoms with Crippen molar-refractivity contribution >= 4 is 21.6 Å². The van der Waals surface area contributed by atoms with Gasteiger partial charge in [0.05, 0.1) is 18.0 Å². The van der Waals surface area contributed by atoms with E-state index in [2.05, 4.69) is 5.32 Å². The van der Waals surface area contributed by atoms with E-state index in [0.29, 0.717) is 12.1 Å². The van der Waals surface area contributed by atoms with Crippen LogP contribution in [0, 0.1) is 6.92 Å². The number of hydrogen-bond acceptors (Lipinski definition) is 4. The first-order valence-corrected chi connectivity index (χ1v) is 12.0. The molecule has 2 aromatic carbocycles. The number of ether oxygens (including phenoxy) is 1. The Morgan fingerprint density at radius 3 is 2.47 bits per heavy atom. The molecule has 0 spiro atoms. The molecule has 0 aromatic heterocycles. The van der Waals surface area contributed by atoms with Gasteiger partial charge in [-0.1, -0.05) is 36.8 Å². The third kappa shape index (κ3) is 5.14. The summed E-state index contributed by atoms with van der Waals surface area (Å²) in [5.41, 5.74) is 3.14. The maximum Gasteiger partial charge on any atom is 0.241 e. The van der Waals surface area contributed by atoms with E-state index in [1.165, 1.54) is 0 Å². The number of rotatable bonds is 6. The van der Waals surface area contributed by atoms with Crippen LogP contribution in [0.15, 0.2) is 42.5 Å². The molecule has 1 heterocycles. The maximum atomic E-state index is 12.9. The minimum Gasteiger partial charge on any atom is -0.487 e. The maximum absolute atomic E-state index is 12.9. The van der Waals surface area contributed by atoms with Crippen molar-refractivity contribution < 1.29 is 17.9 Å². The van der Waals surface area contributed by atoms with Crippen molar-refractivity contribution in [3.63, 3.8) is 0 Å². The third-order valence-corrected chi connectivity index (χ3v) is 6.42. The second kappa shape index (κ2) is 8.30. The molecular weight excluding hydrogens is 400 g/mol. The Hall–Kier alpha value is -2.54. The van der Waals surface area contributed by atoms with Crippen LogP contribution in [0.2, 0.25) is 0 Å². The molecule has 1 amide bonds. The van der Waals surface area contributed by atoms with Crippen molar-refractivity contribution in [1.29, 1.82) is 0 Å². The summed E-state index contributed by atoms with van der Waals surface area (Å²) in [5, 5.41) is 3.03. The molecule has 0 saturated heterocycles. The number of sulfonamides is 1. The highest BCUT2D eigenvalue weighted by molar-refractivity contribution is 7.92. The number of nitrogens with one attached hydrogen (secondary N) is 1. The summed E-state index contributed by atoms with van der Waals surface area (Å²) in [4.78, 5) is 12.9. The minimum absolute atomic E-state index is 0.250. The zero-order valence-electron chi connectivity index (χ0n) is 18.2. The van der Waals surface area contributed by atoms with Crippen LogP contribution in [0.25, 0.3) is 0 Å². The summed E-state index contributed by atoms with van der Waals surface area (Å²) in [6.07, 6.45) is 2.57. The van der Waals surface area contributed by atoms with E-state index in [1.54, 1.807) is 12.1 Å². The highest BCUT2D eigenvalue weighted by Gasteiger charge is 2.35. The summed E-state index contributed by atoms with van der Waals surface area (Å²) < 4.78 is 32.0. The van der Waals surface area contributed by atoms with Gasteiger partial charge in [0.25, 0.3) is 0 Å². The van der Waals surface area contributed by atoms with E-state index in [4.69, 9.17) is 4.74 Å². The molecule has 0 bridgehead atoms. The zero-order valence-corrected chi connectivity index (χ0v) is 19.0.